The highest BCUT2D eigenvalue weighted by atomic mass is 16.5. The molecule has 0 aliphatic carbocycles. The molecule has 0 spiro atoms. The van der Waals surface area contributed by atoms with E-state index in [1.807, 2.05) is 32.8 Å². The van der Waals surface area contributed by atoms with E-state index in [1.165, 1.54) is 0 Å². The molecule has 2 atom stereocenters. The lowest BCUT2D eigenvalue weighted by Gasteiger charge is -2.38. The van der Waals surface area contributed by atoms with Crippen LogP contribution in [0.15, 0.2) is 0 Å². The van der Waals surface area contributed by atoms with Crippen LogP contribution in [-0.2, 0) is 14.3 Å². The Balaban J connectivity index is 2.53. The lowest BCUT2D eigenvalue weighted by molar-refractivity contribution is -0.150. The molecule has 1 N–H and O–H groups in total. The molecule has 0 aromatic carbocycles. The standard InChI is InChI=1S/C15H29N3O3/c1-5-7-12-15(20)18(13(6-2)14(19)16-12)9-11-21-10-8-17(3)4/h12-13H,5-11H2,1-4H3,(H,16,19). The number of amides is 2. The number of nitrogens with one attached hydrogen (secondary N) is 1. The van der Waals surface area contributed by atoms with Crippen LogP contribution in [0.25, 0.3) is 0 Å². The van der Waals surface area contributed by atoms with Gasteiger partial charge < -0.3 is 19.9 Å². The maximum Gasteiger partial charge on any atom is 0.245 e. The number of rotatable bonds is 9. The van der Waals surface area contributed by atoms with Gasteiger partial charge in [0.05, 0.1) is 13.2 Å². The van der Waals surface area contributed by atoms with Gasteiger partial charge in [-0.3, -0.25) is 9.59 Å². The minimum absolute atomic E-state index is 0.0273. The van der Waals surface area contributed by atoms with Crippen LogP contribution in [0.1, 0.15) is 33.1 Å². The SMILES string of the molecule is CCCC1NC(=O)C(CC)N(CCOCCN(C)C)C1=O. The lowest BCUT2D eigenvalue weighted by Crippen LogP contribution is -2.63. The Kier molecular flexibility index (Phi) is 7.67. The molecule has 1 fully saturated rings. The fourth-order valence-corrected chi connectivity index (χ4v) is 2.49. The molecule has 2 amide bonds. The molecule has 0 bridgehead atoms. The Morgan fingerprint density at radius 3 is 2.52 bits per heavy atom. The second kappa shape index (κ2) is 9.00. The number of ether oxygens (including phenoxy) is 1. The van der Waals surface area contributed by atoms with Crippen molar-refractivity contribution in [3.63, 3.8) is 0 Å². The zero-order chi connectivity index (χ0) is 15.8. The van der Waals surface area contributed by atoms with E-state index in [1.54, 1.807) is 4.90 Å². The molecule has 1 heterocycles. The van der Waals surface area contributed by atoms with E-state index in [2.05, 4.69) is 5.32 Å². The average molecular weight is 299 g/mol. The largest absolute Gasteiger partial charge is 0.378 e. The van der Waals surface area contributed by atoms with Gasteiger partial charge in [-0.1, -0.05) is 20.3 Å². The van der Waals surface area contributed by atoms with Crippen molar-refractivity contribution in [3.05, 3.63) is 0 Å². The number of hydrogen-bond donors (Lipinski definition) is 1. The molecule has 0 radical (unpaired) electrons. The summed E-state index contributed by atoms with van der Waals surface area (Å²) < 4.78 is 5.55. The first-order valence-corrected chi connectivity index (χ1v) is 7.84. The smallest absolute Gasteiger partial charge is 0.245 e. The van der Waals surface area contributed by atoms with Crippen molar-refractivity contribution < 1.29 is 14.3 Å². The highest BCUT2D eigenvalue weighted by Crippen LogP contribution is 2.15. The summed E-state index contributed by atoms with van der Waals surface area (Å²) in [5, 5.41) is 2.84. The summed E-state index contributed by atoms with van der Waals surface area (Å²) in [6.07, 6.45) is 2.20. The van der Waals surface area contributed by atoms with Gasteiger partial charge in [0.1, 0.15) is 12.1 Å². The highest BCUT2D eigenvalue weighted by molar-refractivity contribution is 5.96. The summed E-state index contributed by atoms with van der Waals surface area (Å²) >= 11 is 0. The van der Waals surface area contributed by atoms with E-state index in [0.29, 0.717) is 32.6 Å². The van der Waals surface area contributed by atoms with Gasteiger partial charge in [0, 0.05) is 13.1 Å². The molecule has 6 nitrogen and oxygen atoms in total. The molecule has 0 saturated carbocycles. The molecule has 0 aromatic heterocycles. The van der Waals surface area contributed by atoms with Crippen LogP contribution in [0.5, 0.6) is 0 Å². The summed E-state index contributed by atoms with van der Waals surface area (Å²) in [7, 11) is 3.98. The van der Waals surface area contributed by atoms with Crippen molar-refractivity contribution in [3.8, 4) is 0 Å². The Morgan fingerprint density at radius 2 is 1.95 bits per heavy atom. The van der Waals surface area contributed by atoms with Gasteiger partial charge in [0.2, 0.25) is 11.8 Å². The average Bonchev–Trinajstić information content (AvgIpc) is 2.43. The number of likely N-dealkylation sites (N-methyl/N-ethyl adjacent to an activating group) is 1. The molecular formula is C15H29N3O3. The second-order valence-corrected chi connectivity index (χ2v) is 5.72. The molecule has 1 rings (SSSR count). The Labute approximate surface area is 127 Å². The zero-order valence-corrected chi connectivity index (χ0v) is 13.7. The minimum atomic E-state index is -0.368. The molecule has 1 saturated heterocycles. The highest BCUT2D eigenvalue weighted by Gasteiger charge is 2.38. The molecule has 122 valence electrons. The van der Waals surface area contributed by atoms with E-state index in [4.69, 9.17) is 4.74 Å². The van der Waals surface area contributed by atoms with Gasteiger partial charge in [0.15, 0.2) is 0 Å². The van der Waals surface area contributed by atoms with Crippen LogP contribution in [0.4, 0.5) is 0 Å². The second-order valence-electron chi connectivity index (χ2n) is 5.72. The fraction of sp³-hybridized carbons (Fsp3) is 0.867. The maximum atomic E-state index is 12.4. The van der Waals surface area contributed by atoms with Gasteiger partial charge >= 0.3 is 0 Å². The predicted molar refractivity (Wildman–Crippen MR) is 82.0 cm³/mol. The van der Waals surface area contributed by atoms with E-state index < -0.39 is 0 Å². The van der Waals surface area contributed by atoms with Crippen LogP contribution in [0.2, 0.25) is 0 Å². The topological polar surface area (TPSA) is 61.9 Å². The number of nitrogens with zero attached hydrogens (tertiary/aromatic N) is 2. The fourth-order valence-electron chi connectivity index (χ4n) is 2.49. The van der Waals surface area contributed by atoms with Crippen LogP contribution >= 0.6 is 0 Å². The minimum Gasteiger partial charge on any atom is -0.378 e. The Morgan fingerprint density at radius 1 is 1.24 bits per heavy atom. The zero-order valence-electron chi connectivity index (χ0n) is 13.7. The summed E-state index contributed by atoms with van der Waals surface area (Å²) in [4.78, 5) is 28.3. The van der Waals surface area contributed by atoms with Crippen molar-refractivity contribution in [2.45, 2.75) is 45.2 Å². The molecule has 6 heteroatoms. The number of hydrogen-bond acceptors (Lipinski definition) is 4. The quantitative estimate of drug-likeness (QED) is 0.629. The lowest BCUT2D eigenvalue weighted by atomic mass is 10.0. The van der Waals surface area contributed by atoms with Crippen molar-refractivity contribution in [1.29, 1.82) is 0 Å². The first-order valence-electron chi connectivity index (χ1n) is 7.84. The molecule has 0 aromatic rings. The Hall–Kier alpha value is -1.14. The summed E-state index contributed by atoms with van der Waals surface area (Å²) in [5.74, 6) is -0.0108. The maximum absolute atomic E-state index is 12.4. The molecule has 1 aliphatic rings. The van der Waals surface area contributed by atoms with Crippen LogP contribution < -0.4 is 5.32 Å². The molecule has 2 unspecified atom stereocenters. The van der Waals surface area contributed by atoms with Crippen molar-refractivity contribution >= 4 is 11.8 Å². The summed E-state index contributed by atoms with van der Waals surface area (Å²) in [5.41, 5.74) is 0. The van der Waals surface area contributed by atoms with Gasteiger partial charge in [-0.25, -0.2) is 0 Å². The van der Waals surface area contributed by atoms with Gasteiger partial charge in [-0.15, -0.1) is 0 Å². The van der Waals surface area contributed by atoms with Crippen molar-refractivity contribution in [1.82, 2.24) is 15.1 Å². The Bertz CT molecular complexity index is 347. The monoisotopic (exact) mass is 299 g/mol. The van der Waals surface area contributed by atoms with Crippen molar-refractivity contribution in [2.24, 2.45) is 0 Å². The van der Waals surface area contributed by atoms with Crippen LogP contribution in [0.3, 0.4) is 0 Å². The summed E-state index contributed by atoms with van der Waals surface area (Å²) in [6, 6.07) is -0.727. The van der Waals surface area contributed by atoms with E-state index >= 15 is 0 Å². The van der Waals surface area contributed by atoms with Gasteiger partial charge in [0.25, 0.3) is 0 Å². The molecule has 21 heavy (non-hydrogen) atoms. The third-order valence-electron chi connectivity index (χ3n) is 3.70. The van der Waals surface area contributed by atoms with Crippen LogP contribution in [-0.4, -0.2) is 74.1 Å². The van der Waals surface area contributed by atoms with E-state index in [9.17, 15) is 9.59 Å². The van der Waals surface area contributed by atoms with Crippen LogP contribution in [0, 0.1) is 0 Å². The van der Waals surface area contributed by atoms with E-state index in [0.717, 1.165) is 13.0 Å². The van der Waals surface area contributed by atoms with Gasteiger partial charge in [-0.2, -0.15) is 0 Å². The van der Waals surface area contributed by atoms with Gasteiger partial charge in [-0.05, 0) is 26.9 Å². The summed E-state index contributed by atoms with van der Waals surface area (Å²) in [6.45, 7) is 6.39. The van der Waals surface area contributed by atoms with E-state index in [-0.39, 0.29) is 23.9 Å². The normalized spacial score (nSPS) is 22.8. The predicted octanol–water partition coefficient (Wildman–Crippen LogP) is 0.470. The van der Waals surface area contributed by atoms with Crippen molar-refractivity contribution in [2.75, 3.05) is 40.4 Å². The number of piperazine rings is 1. The first-order chi connectivity index (χ1) is 10.0. The third-order valence-corrected chi connectivity index (χ3v) is 3.70. The molecule has 1 aliphatic heterocycles. The first kappa shape index (κ1) is 17.9. The number of carbonyl (C=O) groups excluding carboxylic acids is 2. The third kappa shape index (κ3) is 5.28. The molecular weight excluding hydrogens is 270 g/mol. The number of carbonyl (C=O) groups is 2.